The molecular formula is C18H19BN2O3. The van der Waals surface area contributed by atoms with E-state index in [9.17, 15) is 0 Å². The first-order chi connectivity index (χ1) is 11.4. The molecule has 0 amide bonds. The maximum absolute atomic E-state index is 6.07. The maximum atomic E-state index is 6.07. The Balaban J connectivity index is 1.61. The number of fused-ring (bicyclic) bond motifs is 1. The highest BCUT2D eigenvalue weighted by Crippen LogP contribution is 2.36. The Morgan fingerprint density at radius 3 is 2.21 bits per heavy atom. The molecule has 3 heterocycles. The zero-order valence-corrected chi connectivity index (χ0v) is 14.2. The fourth-order valence-electron chi connectivity index (χ4n) is 2.65. The van der Waals surface area contributed by atoms with Crippen molar-refractivity contribution in [2.75, 3.05) is 0 Å². The molecule has 0 unspecified atom stereocenters. The molecule has 122 valence electrons. The van der Waals surface area contributed by atoms with Crippen LogP contribution in [0.3, 0.4) is 0 Å². The molecule has 0 bridgehead atoms. The van der Waals surface area contributed by atoms with E-state index in [-0.39, 0.29) is 18.3 Å². The van der Waals surface area contributed by atoms with Gasteiger partial charge in [0.1, 0.15) is 0 Å². The van der Waals surface area contributed by atoms with Gasteiger partial charge in [-0.3, -0.25) is 0 Å². The first kappa shape index (κ1) is 15.4. The topological polar surface area (TPSA) is 57.4 Å². The largest absolute Gasteiger partial charge is 0.494 e. The van der Waals surface area contributed by atoms with E-state index in [0.717, 1.165) is 11.0 Å². The number of benzene rings is 1. The Morgan fingerprint density at radius 2 is 1.58 bits per heavy atom. The Bertz CT molecular complexity index is 838. The summed E-state index contributed by atoms with van der Waals surface area (Å²) in [6, 6.07) is 11.6. The molecule has 0 radical (unpaired) electrons. The van der Waals surface area contributed by atoms with E-state index in [4.69, 9.17) is 13.7 Å². The van der Waals surface area contributed by atoms with Crippen molar-refractivity contribution >= 4 is 23.8 Å². The third kappa shape index (κ3) is 2.42. The Kier molecular flexibility index (Phi) is 3.30. The van der Waals surface area contributed by atoms with Crippen LogP contribution in [0.4, 0.5) is 0 Å². The lowest BCUT2D eigenvalue weighted by atomic mass is 9.79. The molecule has 1 fully saturated rings. The second kappa shape index (κ2) is 5.16. The molecule has 6 heteroatoms. The van der Waals surface area contributed by atoms with Crippen molar-refractivity contribution in [3.8, 4) is 11.5 Å². The molecule has 3 aromatic rings. The number of aromatic nitrogens is 2. The molecule has 1 aliphatic heterocycles. The number of rotatable bonds is 2. The van der Waals surface area contributed by atoms with E-state index in [1.165, 1.54) is 0 Å². The second-order valence-electron chi connectivity index (χ2n) is 7.05. The molecule has 1 aromatic carbocycles. The SMILES string of the molecule is CC1(C)OB(c2ccc(-c3nc4ncccc4o3)cc2)OC1(C)C. The lowest BCUT2D eigenvalue weighted by Gasteiger charge is -2.32. The second-order valence-corrected chi connectivity index (χ2v) is 7.05. The van der Waals surface area contributed by atoms with Crippen LogP contribution in [0.5, 0.6) is 0 Å². The van der Waals surface area contributed by atoms with Crippen molar-refractivity contribution in [2.24, 2.45) is 0 Å². The smallest absolute Gasteiger partial charge is 0.434 e. The molecule has 0 spiro atoms. The van der Waals surface area contributed by atoms with Crippen LogP contribution in [0, 0.1) is 0 Å². The van der Waals surface area contributed by atoms with Crippen LogP contribution in [0.2, 0.25) is 0 Å². The Hall–Kier alpha value is -2.18. The summed E-state index contributed by atoms with van der Waals surface area (Å²) in [4.78, 5) is 8.61. The number of pyridine rings is 1. The predicted molar refractivity (Wildman–Crippen MR) is 93.0 cm³/mol. The summed E-state index contributed by atoms with van der Waals surface area (Å²) in [6.45, 7) is 8.19. The summed E-state index contributed by atoms with van der Waals surface area (Å²) in [7, 11) is -0.366. The fraction of sp³-hybridized carbons (Fsp3) is 0.333. The zero-order valence-electron chi connectivity index (χ0n) is 14.2. The highest BCUT2D eigenvalue weighted by atomic mass is 16.7. The third-order valence-electron chi connectivity index (χ3n) is 4.85. The molecule has 1 saturated heterocycles. The van der Waals surface area contributed by atoms with Crippen LogP contribution < -0.4 is 5.46 Å². The standard InChI is InChI=1S/C18H19BN2O3/c1-17(2)18(3,4)24-19(23-17)13-9-7-12(8-10-13)16-21-15-14(22-16)6-5-11-20-15/h5-11H,1-4H3. The van der Waals surface area contributed by atoms with Gasteiger partial charge in [-0.1, -0.05) is 12.1 Å². The van der Waals surface area contributed by atoms with Crippen LogP contribution >= 0.6 is 0 Å². The molecule has 0 saturated carbocycles. The molecule has 0 atom stereocenters. The zero-order chi connectivity index (χ0) is 16.9. The predicted octanol–water partition coefficient (Wildman–Crippen LogP) is 3.19. The molecule has 2 aromatic heterocycles. The minimum absolute atomic E-state index is 0.345. The van der Waals surface area contributed by atoms with E-state index in [2.05, 4.69) is 9.97 Å². The summed E-state index contributed by atoms with van der Waals surface area (Å²) in [5, 5.41) is 0. The average Bonchev–Trinajstić information content (AvgIpc) is 3.06. The quantitative estimate of drug-likeness (QED) is 0.678. The molecule has 0 aliphatic carbocycles. The molecule has 5 nitrogen and oxygen atoms in total. The monoisotopic (exact) mass is 322 g/mol. The first-order valence-corrected chi connectivity index (χ1v) is 8.03. The van der Waals surface area contributed by atoms with Gasteiger partial charge in [-0.05, 0) is 57.4 Å². The van der Waals surface area contributed by atoms with Gasteiger partial charge < -0.3 is 13.7 Å². The van der Waals surface area contributed by atoms with Crippen molar-refractivity contribution in [1.82, 2.24) is 9.97 Å². The van der Waals surface area contributed by atoms with E-state index in [0.29, 0.717) is 17.1 Å². The number of nitrogens with zero attached hydrogens (tertiary/aromatic N) is 2. The maximum Gasteiger partial charge on any atom is 0.494 e. The average molecular weight is 322 g/mol. The van der Waals surface area contributed by atoms with Crippen molar-refractivity contribution in [3.63, 3.8) is 0 Å². The molecule has 0 N–H and O–H groups in total. The van der Waals surface area contributed by atoms with E-state index >= 15 is 0 Å². The van der Waals surface area contributed by atoms with Crippen molar-refractivity contribution in [2.45, 2.75) is 38.9 Å². The summed E-state index contributed by atoms with van der Waals surface area (Å²) in [5.74, 6) is 0.559. The summed E-state index contributed by atoms with van der Waals surface area (Å²) < 4.78 is 17.9. The number of oxazole rings is 1. The van der Waals surface area contributed by atoms with Crippen LogP contribution in [-0.2, 0) is 9.31 Å². The summed E-state index contributed by atoms with van der Waals surface area (Å²) in [6.07, 6.45) is 1.70. The summed E-state index contributed by atoms with van der Waals surface area (Å²) in [5.41, 5.74) is 2.48. The van der Waals surface area contributed by atoms with Crippen LogP contribution in [0.1, 0.15) is 27.7 Å². The van der Waals surface area contributed by atoms with Crippen molar-refractivity contribution in [3.05, 3.63) is 42.6 Å². The van der Waals surface area contributed by atoms with Crippen LogP contribution in [0.25, 0.3) is 22.7 Å². The van der Waals surface area contributed by atoms with Gasteiger partial charge in [-0.2, -0.15) is 4.98 Å². The van der Waals surface area contributed by atoms with Crippen LogP contribution in [0.15, 0.2) is 47.0 Å². The van der Waals surface area contributed by atoms with Crippen molar-refractivity contribution < 1.29 is 13.7 Å². The molecule has 24 heavy (non-hydrogen) atoms. The van der Waals surface area contributed by atoms with Crippen molar-refractivity contribution in [1.29, 1.82) is 0 Å². The van der Waals surface area contributed by atoms with Gasteiger partial charge in [-0.15, -0.1) is 0 Å². The number of hydrogen-bond donors (Lipinski definition) is 0. The first-order valence-electron chi connectivity index (χ1n) is 8.03. The van der Waals surface area contributed by atoms with Gasteiger partial charge in [0.15, 0.2) is 11.2 Å². The fourth-order valence-corrected chi connectivity index (χ4v) is 2.65. The van der Waals surface area contributed by atoms with Gasteiger partial charge in [0, 0.05) is 11.8 Å². The van der Waals surface area contributed by atoms with E-state index < -0.39 is 0 Å². The van der Waals surface area contributed by atoms with Gasteiger partial charge in [0.25, 0.3) is 0 Å². The molecular weight excluding hydrogens is 303 g/mol. The lowest BCUT2D eigenvalue weighted by Crippen LogP contribution is -2.41. The van der Waals surface area contributed by atoms with Gasteiger partial charge in [-0.25, -0.2) is 4.98 Å². The minimum atomic E-state index is -0.366. The Labute approximate surface area is 141 Å². The van der Waals surface area contributed by atoms with E-state index in [1.807, 2.05) is 64.1 Å². The van der Waals surface area contributed by atoms with Gasteiger partial charge >= 0.3 is 7.12 Å². The van der Waals surface area contributed by atoms with Gasteiger partial charge in [0.05, 0.1) is 11.2 Å². The molecule has 4 rings (SSSR count). The lowest BCUT2D eigenvalue weighted by molar-refractivity contribution is 0.00578. The number of hydrogen-bond acceptors (Lipinski definition) is 5. The minimum Gasteiger partial charge on any atom is -0.434 e. The normalized spacial score (nSPS) is 19.1. The Morgan fingerprint density at radius 1 is 0.917 bits per heavy atom. The third-order valence-corrected chi connectivity index (χ3v) is 4.85. The van der Waals surface area contributed by atoms with Gasteiger partial charge in [0.2, 0.25) is 5.89 Å². The summed E-state index contributed by atoms with van der Waals surface area (Å²) >= 11 is 0. The van der Waals surface area contributed by atoms with Crippen LogP contribution in [-0.4, -0.2) is 28.3 Å². The molecule has 1 aliphatic rings. The highest BCUT2D eigenvalue weighted by molar-refractivity contribution is 6.62. The highest BCUT2D eigenvalue weighted by Gasteiger charge is 2.51. The van der Waals surface area contributed by atoms with E-state index in [1.54, 1.807) is 6.20 Å².